The van der Waals surface area contributed by atoms with E-state index in [1.165, 1.54) is 12.0 Å². The van der Waals surface area contributed by atoms with Crippen LogP contribution < -0.4 is 5.32 Å². The molecule has 0 aromatic carbocycles. The first-order chi connectivity index (χ1) is 7.92. The summed E-state index contributed by atoms with van der Waals surface area (Å²) in [5.74, 6) is -1.68. The van der Waals surface area contributed by atoms with Crippen LogP contribution in [0.15, 0.2) is 0 Å². The number of hydrogen-bond donors (Lipinski definition) is 2. The topological polar surface area (TPSA) is 95.9 Å². The zero-order valence-electron chi connectivity index (χ0n) is 10.2. The molecule has 0 saturated heterocycles. The maximum atomic E-state index is 11.4. The van der Waals surface area contributed by atoms with Crippen LogP contribution in [0.1, 0.15) is 19.8 Å². The van der Waals surface area contributed by atoms with Crippen LogP contribution in [0.25, 0.3) is 0 Å². The lowest BCUT2D eigenvalue weighted by atomic mass is 10.1. The monoisotopic (exact) mass is 246 g/mol. The Balaban J connectivity index is 4.30. The molecule has 0 radical (unpaired) electrons. The smallest absolute Gasteiger partial charge is 0.326 e. The number of aliphatic carboxylic acids is 1. The number of carbonyl (C=O) groups is 3. The number of amides is 2. The predicted octanol–water partition coefficient (Wildman–Crippen LogP) is 0.0541. The van der Waals surface area contributed by atoms with E-state index in [9.17, 15) is 14.4 Å². The number of ether oxygens (including phenoxy) is 1. The van der Waals surface area contributed by atoms with Gasteiger partial charge in [-0.1, -0.05) is 0 Å². The zero-order chi connectivity index (χ0) is 13.4. The average molecular weight is 246 g/mol. The Morgan fingerprint density at radius 3 is 2.41 bits per heavy atom. The van der Waals surface area contributed by atoms with Crippen LogP contribution in [-0.4, -0.2) is 54.7 Å². The summed E-state index contributed by atoms with van der Waals surface area (Å²) in [6.07, 6.45) is -0.0467. The van der Waals surface area contributed by atoms with E-state index in [1.54, 1.807) is 14.0 Å². The van der Waals surface area contributed by atoms with E-state index in [1.807, 2.05) is 0 Å². The SMILES string of the molecule is CCN(C)C(=O)N[C@H](CCC(=O)OC)C(=O)O. The van der Waals surface area contributed by atoms with Crippen molar-refractivity contribution in [1.29, 1.82) is 0 Å². The van der Waals surface area contributed by atoms with E-state index in [4.69, 9.17) is 5.11 Å². The third kappa shape index (κ3) is 5.74. The minimum atomic E-state index is -1.17. The molecule has 17 heavy (non-hydrogen) atoms. The third-order valence-electron chi connectivity index (χ3n) is 2.28. The Morgan fingerprint density at radius 2 is 2.00 bits per heavy atom. The molecule has 0 aliphatic carbocycles. The molecule has 7 nitrogen and oxygen atoms in total. The molecule has 1 atom stereocenters. The lowest BCUT2D eigenvalue weighted by molar-refractivity contribution is -0.142. The minimum absolute atomic E-state index is 0.00526. The summed E-state index contributed by atoms with van der Waals surface area (Å²) in [7, 11) is 2.77. The van der Waals surface area contributed by atoms with Gasteiger partial charge in [-0.3, -0.25) is 4.79 Å². The summed E-state index contributed by atoms with van der Waals surface area (Å²) < 4.78 is 4.40. The number of carboxylic acids is 1. The summed E-state index contributed by atoms with van der Waals surface area (Å²) in [6, 6.07) is -1.57. The molecule has 0 heterocycles. The van der Waals surface area contributed by atoms with Gasteiger partial charge in [0.25, 0.3) is 0 Å². The molecule has 0 aliphatic rings. The van der Waals surface area contributed by atoms with Gasteiger partial charge in [-0.05, 0) is 13.3 Å². The van der Waals surface area contributed by atoms with Crippen molar-refractivity contribution in [2.75, 3.05) is 20.7 Å². The molecule has 0 saturated carbocycles. The van der Waals surface area contributed by atoms with Gasteiger partial charge in [0.1, 0.15) is 6.04 Å². The second kappa shape index (κ2) is 7.48. The fourth-order valence-corrected chi connectivity index (χ4v) is 1.02. The van der Waals surface area contributed by atoms with Crippen molar-refractivity contribution in [3.05, 3.63) is 0 Å². The van der Waals surface area contributed by atoms with Crippen molar-refractivity contribution >= 4 is 18.0 Å². The fraction of sp³-hybridized carbons (Fsp3) is 0.700. The molecule has 98 valence electrons. The normalized spacial score (nSPS) is 11.5. The summed E-state index contributed by atoms with van der Waals surface area (Å²) in [4.78, 5) is 34.5. The highest BCUT2D eigenvalue weighted by Gasteiger charge is 2.22. The molecule has 0 aromatic heterocycles. The summed E-state index contributed by atoms with van der Waals surface area (Å²) in [6.45, 7) is 2.24. The Hall–Kier alpha value is -1.79. The second-order valence-corrected chi connectivity index (χ2v) is 3.47. The van der Waals surface area contributed by atoms with Gasteiger partial charge in [-0.15, -0.1) is 0 Å². The van der Waals surface area contributed by atoms with Crippen LogP contribution in [0, 0.1) is 0 Å². The molecule has 0 unspecified atom stereocenters. The fourth-order valence-electron chi connectivity index (χ4n) is 1.02. The number of hydrogen-bond acceptors (Lipinski definition) is 4. The van der Waals surface area contributed by atoms with Gasteiger partial charge < -0.3 is 20.1 Å². The number of carbonyl (C=O) groups excluding carboxylic acids is 2. The van der Waals surface area contributed by atoms with Crippen LogP contribution in [0.2, 0.25) is 0 Å². The standard InChI is InChI=1S/C10H18N2O5/c1-4-12(2)10(16)11-7(9(14)15)5-6-8(13)17-3/h7H,4-6H2,1-3H3,(H,11,16)(H,14,15)/t7-/m1/s1. The number of rotatable bonds is 6. The van der Waals surface area contributed by atoms with E-state index in [0.717, 1.165) is 0 Å². The summed E-state index contributed by atoms with van der Waals surface area (Å²) in [5.41, 5.74) is 0. The molecule has 0 aromatic rings. The van der Waals surface area contributed by atoms with Crippen molar-refractivity contribution in [1.82, 2.24) is 10.2 Å². The Bertz CT molecular complexity index is 292. The van der Waals surface area contributed by atoms with Crippen molar-refractivity contribution in [2.24, 2.45) is 0 Å². The summed E-state index contributed by atoms with van der Waals surface area (Å²) in [5, 5.41) is 11.2. The van der Waals surface area contributed by atoms with E-state index in [-0.39, 0.29) is 12.8 Å². The number of urea groups is 1. The van der Waals surface area contributed by atoms with E-state index in [0.29, 0.717) is 6.54 Å². The van der Waals surface area contributed by atoms with Crippen molar-refractivity contribution in [3.63, 3.8) is 0 Å². The Labute approximate surface area is 99.7 Å². The Morgan fingerprint density at radius 1 is 1.41 bits per heavy atom. The first-order valence-corrected chi connectivity index (χ1v) is 5.23. The van der Waals surface area contributed by atoms with Gasteiger partial charge in [0.2, 0.25) is 0 Å². The first kappa shape index (κ1) is 15.2. The maximum Gasteiger partial charge on any atom is 0.326 e. The second-order valence-electron chi connectivity index (χ2n) is 3.47. The molecule has 0 aliphatic heterocycles. The number of carboxylic acid groups (broad SMARTS) is 1. The number of nitrogens with zero attached hydrogens (tertiary/aromatic N) is 1. The van der Waals surface area contributed by atoms with Crippen molar-refractivity contribution < 1.29 is 24.2 Å². The highest BCUT2D eigenvalue weighted by molar-refractivity contribution is 5.83. The van der Waals surface area contributed by atoms with Crippen LogP contribution >= 0.6 is 0 Å². The maximum absolute atomic E-state index is 11.4. The minimum Gasteiger partial charge on any atom is -0.480 e. The number of methoxy groups -OCH3 is 1. The van der Waals surface area contributed by atoms with Crippen LogP contribution in [0.3, 0.4) is 0 Å². The molecule has 2 N–H and O–H groups in total. The molecule has 2 amide bonds. The third-order valence-corrected chi connectivity index (χ3v) is 2.28. The largest absolute Gasteiger partial charge is 0.480 e. The number of esters is 1. The van der Waals surface area contributed by atoms with Crippen LogP contribution in [0.4, 0.5) is 4.79 Å². The van der Waals surface area contributed by atoms with Gasteiger partial charge in [0.05, 0.1) is 7.11 Å². The number of nitrogens with one attached hydrogen (secondary N) is 1. The molecule has 0 fully saturated rings. The molecular formula is C10H18N2O5. The van der Waals surface area contributed by atoms with Crippen molar-refractivity contribution in [3.8, 4) is 0 Å². The average Bonchev–Trinajstić information content (AvgIpc) is 2.31. The van der Waals surface area contributed by atoms with Gasteiger partial charge in [-0.25, -0.2) is 9.59 Å². The first-order valence-electron chi connectivity index (χ1n) is 5.23. The predicted molar refractivity (Wildman–Crippen MR) is 59.5 cm³/mol. The van der Waals surface area contributed by atoms with Gasteiger partial charge in [-0.2, -0.15) is 0 Å². The zero-order valence-corrected chi connectivity index (χ0v) is 10.2. The quantitative estimate of drug-likeness (QED) is 0.646. The van der Waals surface area contributed by atoms with Crippen molar-refractivity contribution in [2.45, 2.75) is 25.8 Å². The lowest BCUT2D eigenvalue weighted by Crippen LogP contribution is -2.46. The van der Waals surface area contributed by atoms with Crippen LogP contribution in [-0.2, 0) is 14.3 Å². The van der Waals surface area contributed by atoms with Crippen LogP contribution in [0.5, 0.6) is 0 Å². The van der Waals surface area contributed by atoms with E-state index in [2.05, 4.69) is 10.1 Å². The Kier molecular flexibility index (Phi) is 6.69. The molecule has 0 rings (SSSR count). The van der Waals surface area contributed by atoms with Gasteiger partial charge >= 0.3 is 18.0 Å². The van der Waals surface area contributed by atoms with E-state index >= 15 is 0 Å². The van der Waals surface area contributed by atoms with E-state index < -0.39 is 24.0 Å². The molecule has 0 bridgehead atoms. The highest BCUT2D eigenvalue weighted by Crippen LogP contribution is 2.00. The lowest BCUT2D eigenvalue weighted by Gasteiger charge is -2.19. The molecular weight excluding hydrogens is 228 g/mol. The summed E-state index contributed by atoms with van der Waals surface area (Å²) >= 11 is 0. The van der Waals surface area contributed by atoms with Gasteiger partial charge in [0.15, 0.2) is 0 Å². The highest BCUT2D eigenvalue weighted by atomic mass is 16.5. The molecule has 7 heteroatoms. The van der Waals surface area contributed by atoms with Gasteiger partial charge in [0, 0.05) is 20.0 Å². The molecule has 0 spiro atoms.